The van der Waals surface area contributed by atoms with Gasteiger partial charge in [-0.25, -0.2) is 4.98 Å². The Morgan fingerprint density at radius 2 is 1.02 bits per heavy atom. The standard InChI is InChI=1S/C54H32N2S/c1-3-11-33(12-4-1)49-50(43-30-29-42(40-18-7-8-19-41(40)43)46-31-26-38-23-22-37-17-10-32-55-51(37)52(38)56-46)53(39-13-5-2-6-14-39)57-54(49)45-28-25-36-21-20-34-15-9-16-35-24-27-44(45)48(36)47(34)35/h1-32H/i10D,17D,22D,23D,26D,31D,32D. The summed E-state index contributed by atoms with van der Waals surface area (Å²) in [6.45, 7) is 0. The lowest BCUT2D eigenvalue weighted by Gasteiger charge is -2.17. The second kappa shape index (κ2) is 12.7. The van der Waals surface area contributed by atoms with Crippen LogP contribution in [0.3, 0.4) is 0 Å². The molecule has 2 nitrogen and oxygen atoms in total. The van der Waals surface area contributed by atoms with Crippen molar-refractivity contribution in [1.29, 1.82) is 0 Å². The maximum atomic E-state index is 9.32. The van der Waals surface area contributed by atoms with E-state index in [-0.39, 0.29) is 51.7 Å². The van der Waals surface area contributed by atoms with E-state index in [1.807, 2.05) is 36.4 Å². The van der Waals surface area contributed by atoms with Crippen LogP contribution in [0.2, 0.25) is 0 Å². The van der Waals surface area contributed by atoms with Gasteiger partial charge in [-0.15, -0.1) is 11.3 Å². The average molecular weight is 748 g/mol. The molecule has 12 aromatic rings. The SMILES string of the molecule is [2H]c1nc2c(c([2H])c1[2H])c([2H])c([2H])c1c([2H])c([2H])c(-c3ccc(-c4c(-c5ccccc5)sc(-c5ccc6ccc7cccc8ccc5c6c78)c4-c4ccccc4)c4ccccc34)nc12. The zero-order chi connectivity index (χ0) is 43.5. The van der Waals surface area contributed by atoms with Crippen LogP contribution >= 0.6 is 11.3 Å². The molecule has 0 atom stereocenters. The van der Waals surface area contributed by atoms with Crippen molar-refractivity contribution in [2.45, 2.75) is 0 Å². The molecule has 0 N–H and O–H groups in total. The largest absolute Gasteiger partial charge is 0.254 e. The molecule has 0 amide bonds. The smallest absolute Gasteiger partial charge is 0.0972 e. The molecule has 0 aliphatic carbocycles. The number of thiophene rings is 1. The number of hydrogen-bond acceptors (Lipinski definition) is 3. The fourth-order valence-electron chi connectivity index (χ4n) is 8.65. The summed E-state index contributed by atoms with van der Waals surface area (Å²) in [5.74, 6) is 0. The third kappa shape index (κ3) is 4.96. The highest BCUT2D eigenvalue weighted by Crippen LogP contribution is 2.55. The molecule has 3 heterocycles. The molecule has 264 valence electrons. The first-order valence-electron chi connectivity index (χ1n) is 22.3. The highest BCUT2D eigenvalue weighted by Gasteiger charge is 2.26. The molecule has 0 saturated carbocycles. The lowest BCUT2D eigenvalue weighted by molar-refractivity contribution is 1.37. The number of fused-ring (bicyclic) bond motifs is 4. The Kier molecular flexibility index (Phi) is 5.74. The zero-order valence-corrected chi connectivity index (χ0v) is 31.1. The topological polar surface area (TPSA) is 25.8 Å². The number of rotatable bonds is 5. The minimum absolute atomic E-state index is 0.00438. The fraction of sp³-hybridized carbons (Fsp3) is 0. The van der Waals surface area contributed by atoms with E-state index in [2.05, 4.69) is 120 Å². The van der Waals surface area contributed by atoms with E-state index in [1.165, 1.54) is 32.3 Å². The summed E-state index contributed by atoms with van der Waals surface area (Å²) in [5.41, 5.74) is 7.28. The van der Waals surface area contributed by atoms with Crippen LogP contribution in [-0.2, 0) is 0 Å². The molecule has 0 radical (unpaired) electrons. The van der Waals surface area contributed by atoms with Gasteiger partial charge < -0.3 is 0 Å². The van der Waals surface area contributed by atoms with E-state index >= 15 is 0 Å². The van der Waals surface area contributed by atoms with E-state index in [1.54, 1.807) is 11.3 Å². The van der Waals surface area contributed by atoms with Crippen LogP contribution < -0.4 is 0 Å². The molecular formula is C54H32N2S. The van der Waals surface area contributed by atoms with Crippen LogP contribution in [-0.4, -0.2) is 9.97 Å². The highest BCUT2D eigenvalue weighted by atomic mass is 32.1. The van der Waals surface area contributed by atoms with Crippen molar-refractivity contribution < 1.29 is 9.60 Å². The maximum Gasteiger partial charge on any atom is 0.0972 e. The van der Waals surface area contributed by atoms with Crippen molar-refractivity contribution >= 4 is 76.2 Å². The van der Waals surface area contributed by atoms with Gasteiger partial charge in [0.1, 0.15) is 0 Å². The molecule has 0 bridgehead atoms. The second-order valence-electron chi connectivity index (χ2n) is 14.3. The van der Waals surface area contributed by atoms with E-state index in [4.69, 9.17) is 11.8 Å². The van der Waals surface area contributed by atoms with Gasteiger partial charge in [0.2, 0.25) is 0 Å². The molecule has 9 aromatic carbocycles. The van der Waals surface area contributed by atoms with Gasteiger partial charge in [-0.05, 0) is 71.9 Å². The summed E-state index contributed by atoms with van der Waals surface area (Å²) < 4.78 is 61.3. The Hall–Kier alpha value is -7.20. The quantitative estimate of drug-likeness (QED) is 0.164. The number of nitrogens with zero attached hydrogens (tertiary/aromatic N) is 2. The van der Waals surface area contributed by atoms with Crippen molar-refractivity contribution in [1.82, 2.24) is 9.97 Å². The zero-order valence-electron chi connectivity index (χ0n) is 37.2. The lowest BCUT2D eigenvalue weighted by Crippen LogP contribution is -1.92. The molecule has 57 heavy (non-hydrogen) atoms. The molecule has 0 fully saturated rings. The number of benzene rings is 9. The van der Waals surface area contributed by atoms with E-state index in [9.17, 15) is 2.74 Å². The van der Waals surface area contributed by atoms with Crippen LogP contribution in [0, 0.1) is 0 Å². The molecule has 12 rings (SSSR count). The third-order valence-electron chi connectivity index (χ3n) is 11.2. The van der Waals surface area contributed by atoms with Crippen LogP contribution in [0.15, 0.2) is 194 Å². The Labute approximate surface area is 343 Å². The van der Waals surface area contributed by atoms with Gasteiger partial charge in [0.15, 0.2) is 0 Å². The van der Waals surface area contributed by atoms with Crippen molar-refractivity contribution in [3.05, 3.63) is 194 Å². The predicted molar refractivity (Wildman–Crippen MR) is 243 cm³/mol. The van der Waals surface area contributed by atoms with Gasteiger partial charge in [-0.1, -0.05) is 176 Å². The fourth-order valence-corrected chi connectivity index (χ4v) is 10.0. The number of aromatic nitrogens is 2. The summed E-state index contributed by atoms with van der Waals surface area (Å²) in [6, 6.07) is 50.9. The van der Waals surface area contributed by atoms with Gasteiger partial charge in [-0.2, -0.15) is 0 Å². The van der Waals surface area contributed by atoms with E-state index in [0.29, 0.717) is 5.56 Å². The molecule has 0 aliphatic rings. The van der Waals surface area contributed by atoms with Gasteiger partial charge in [0.05, 0.1) is 26.3 Å². The molecule has 0 unspecified atom stereocenters. The summed E-state index contributed by atoms with van der Waals surface area (Å²) in [5, 5.41) is 8.90. The highest BCUT2D eigenvalue weighted by molar-refractivity contribution is 7.20. The van der Waals surface area contributed by atoms with Gasteiger partial charge in [0, 0.05) is 49.0 Å². The van der Waals surface area contributed by atoms with Gasteiger partial charge in [0.25, 0.3) is 0 Å². The van der Waals surface area contributed by atoms with Gasteiger partial charge >= 0.3 is 0 Å². The summed E-state index contributed by atoms with van der Waals surface area (Å²) in [6.07, 6.45) is -0.462. The van der Waals surface area contributed by atoms with Crippen molar-refractivity contribution in [3.8, 4) is 54.4 Å². The predicted octanol–water partition coefficient (Wildman–Crippen LogP) is 15.2. The van der Waals surface area contributed by atoms with Crippen LogP contribution in [0.1, 0.15) is 9.60 Å². The summed E-state index contributed by atoms with van der Waals surface area (Å²) in [7, 11) is 0. The Balaban J connectivity index is 1.17. The molecule has 3 heteroatoms. The Morgan fingerprint density at radius 1 is 0.404 bits per heavy atom. The van der Waals surface area contributed by atoms with Gasteiger partial charge in [-0.3, -0.25) is 4.98 Å². The summed E-state index contributed by atoms with van der Waals surface area (Å²) >= 11 is 1.78. The van der Waals surface area contributed by atoms with E-state index < -0.39 is 18.3 Å². The van der Waals surface area contributed by atoms with Crippen molar-refractivity contribution in [2.24, 2.45) is 0 Å². The number of hydrogen-bond donors (Lipinski definition) is 0. The first-order chi connectivity index (χ1) is 31.2. The minimum atomic E-state index is -0.462. The minimum Gasteiger partial charge on any atom is -0.254 e. The monoisotopic (exact) mass is 747 g/mol. The molecule has 3 aromatic heterocycles. The second-order valence-corrected chi connectivity index (χ2v) is 15.3. The molecule has 0 saturated heterocycles. The first kappa shape index (κ1) is 25.8. The van der Waals surface area contributed by atoms with Crippen molar-refractivity contribution in [3.63, 3.8) is 0 Å². The molecular weight excluding hydrogens is 709 g/mol. The summed E-state index contributed by atoms with van der Waals surface area (Å²) in [4.78, 5) is 11.5. The van der Waals surface area contributed by atoms with Crippen LogP contribution in [0.25, 0.3) is 119 Å². The first-order valence-corrected chi connectivity index (χ1v) is 19.7. The Morgan fingerprint density at radius 3 is 1.81 bits per heavy atom. The normalized spacial score (nSPS) is 13.6. The third-order valence-corrected chi connectivity index (χ3v) is 12.5. The van der Waals surface area contributed by atoms with Crippen LogP contribution in [0.5, 0.6) is 0 Å². The number of pyridine rings is 2. The maximum absolute atomic E-state index is 9.32. The Bertz CT molecular complexity index is 3910. The molecule has 0 aliphatic heterocycles. The lowest BCUT2D eigenvalue weighted by atomic mass is 9.86. The van der Waals surface area contributed by atoms with Crippen molar-refractivity contribution in [2.75, 3.05) is 0 Å². The van der Waals surface area contributed by atoms with Crippen LogP contribution in [0.4, 0.5) is 0 Å². The molecule has 0 spiro atoms. The van der Waals surface area contributed by atoms with E-state index in [0.717, 1.165) is 53.9 Å². The average Bonchev–Trinajstić information content (AvgIpc) is 3.73.